The first kappa shape index (κ1) is 21.5. The monoisotopic (exact) mass is 419 g/mol. The number of fused-ring (bicyclic) bond motifs is 5. The van der Waals surface area contributed by atoms with Crippen molar-refractivity contribution < 1.29 is 29.7 Å². The van der Waals surface area contributed by atoms with Crippen LogP contribution in [0.1, 0.15) is 59.3 Å². The van der Waals surface area contributed by atoms with Gasteiger partial charge in [-0.15, -0.1) is 0 Å². The lowest BCUT2D eigenvalue weighted by atomic mass is 9.47. The van der Waals surface area contributed by atoms with Crippen molar-refractivity contribution in [3.63, 3.8) is 0 Å². The minimum Gasteiger partial charge on any atom is -0.479 e. The van der Waals surface area contributed by atoms with Crippen LogP contribution in [0.25, 0.3) is 0 Å². The number of rotatable bonds is 4. The fourth-order valence-electron chi connectivity index (χ4n) is 7.33. The Balaban J connectivity index is 1.61. The molecule has 3 fully saturated rings. The zero-order valence-corrected chi connectivity index (χ0v) is 18.0. The van der Waals surface area contributed by atoms with Gasteiger partial charge in [0.2, 0.25) is 6.61 Å². The summed E-state index contributed by atoms with van der Waals surface area (Å²) in [7, 11) is 0. The average molecular weight is 420 g/mol. The Morgan fingerprint density at radius 3 is 2.53 bits per heavy atom. The highest BCUT2D eigenvalue weighted by molar-refractivity contribution is 5.95. The van der Waals surface area contributed by atoms with Gasteiger partial charge >= 0.3 is 5.97 Å². The minimum atomic E-state index is -1.05. The topological polar surface area (TPSA) is 116 Å². The van der Waals surface area contributed by atoms with Crippen LogP contribution in [-0.2, 0) is 14.4 Å². The second-order valence-electron chi connectivity index (χ2n) is 10.4. The Hall–Kier alpha value is -1.73. The van der Waals surface area contributed by atoms with Crippen LogP contribution in [0.3, 0.4) is 0 Å². The largest absolute Gasteiger partial charge is 0.479 e. The van der Waals surface area contributed by atoms with E-state index in [9.17, 15) is 19.8 Å². The smallest absolute Gasteiger partial charge is 0.344 e. The molecule has 0 bridgehead atoms. The van der Waals surface area contributed by atoms with Crippen LogP contribution in [0.5, 0.6) is 0 Å². The molecular formula is C23H33NO6. The van der Waals surface area contributed by atoms with E-state index in [0.29, 0.717) is 12.8 Å². The number of aliphatic hydroxyl groups excluding tert-OH is 2. The minimum absolute atomic E-state index is 0.0429. The summed E-state index contributed by atoms with van der Waals surface area (Å²) in [6, 6.07) is 0. The number of ketones is 1. The molecule has 8 atom stereocenters. The van der Waals surface area contributed by atoms with Crippen molar-refractivity contribution in [2.24, 2.45) is 39.7 Å². The van der Waals surface area contributed by atoms with Gasteiger partial charge < -0.3 is 20.2 Å². The van der Waals surface area contributed by atoms with Gasteiger partial charge in [0.1, 0.15) is 0 Å². The molecule has 0 aromatic heterocycles. The zero-order chi connectivity index (χ0) is 21.8. The van der Waals surface area contributed by atoms with Gasteiger partial charge in [-0.1, -0.05) is 24.6 Å². The molecule has 166 valence electrons. The van der Waals surface area contributed by atoms with E-state index in [1.165, 1.54) is 5.57 Å². The van der Waals surface area contributed by atoms with E-state index in [0.717, 1.165) is 31.4 Å². The van der Waals surface area contributed by atoms with Gasteiger partial charge in [0.05, 0.1) is 17.9 Å². The molecular weight excluding hydrogens is 386 g/mol. The highest BCUT2D eigenvalue weighted by atomic mass is 16.6. The Kier molecular flexibility index (Phi) is 5.34. The second kappa shape index (κ2) is 7.45. The molecule has 0 spiro atoms. The Morgan fingerprint density at radius 2 is 1.83 bits per heavy atom. The summed E-state index contributed by atoms with van der Waals surface area (Å²) in [6.45, 7) is 5.85. The number of carbonyl (C=O) groups is 2. The van der Waals surface area contributed by atoms with Crippen molar-refractivity contribution in [3.05, 3.63) is 11.6 Å². The first-order valence-electron chi connectivity index (χ1n) is 11.1. The standard InChI is InChI=1S/C23H33NO6/c1-12(24-30-11-21(28)29)14-4-5-15-13-8-18(25)17-9-19(26)20(27)10-23(17,3)16(13)6-7-22(14,15)2/h8,14-17,19-20,26-27H,4-7,9-11H2,1-3H3,(H,28,29)/b24-12-/t14-,15?,16?,17+,19-,20+,22-,23-/m1/s1. The first-order chi connectivity index (χ1) is 14.1. The van der Waals surface area contributed by atoms with Gasteiger partial charge in [0.15, 0.2) is 5.78 Å². The molecule has 0 aromatic rings. The third kappa shape index (κ3) is 3.21. The van der Waals surface area contributed by atoms with Gasteiger partial charge in [-0.3, -0.25) is 4.79 Å². The number of nitrogens with zero attached hydrogens (tertiary/aromatic N) is 1. The lowest BCUT2D eigenvalue weighted by Crippen LogP contribution is -2.55. The summed E-state index contributed by atoms with van der Waals surface area (Å²) >= 11 is 0. The highest BCUT2D eigenvalue weighted by Crippen LogP contribution is 2.65. The third-order valence-corrected chi connectivity index (χ3v) is 8.83. The third-order valence-electron chi connectivity index (χ3n) is 8.83. The molecule has 4 aliphatic carbocycles. The highest BCUT2D eigenvalue weighted by Gasteiger charge is 2.60. The number of carboxylic acid groups (broad SMARTS) is 1. The molecule has 7 heteroatoms. The molecule has 3 saturated carbocycles. The summed E-state index contributed by atoms with van der Waals surface area (Å²) in [5.41, 5.74) is 1.69. The van der Waals surface area contributed by atoms with Crippen LogP contribution in [0, 0.1) is 34.5 Å². The number of hydrogen-bond acceptors (Lipinski definition) is 6. The number of carbonyl (C=O) groups excluding carboxylic acids is 1. The molecule has 4 aliphatic rings. The predicted octanol–water partition coefficient (Wildman–Crippen LogP) is 2.55. The molecule has 0 aliphatic heterocycles. The molecule has 2 unspecified atom stereocenters. The summed E-state index contributed by atoms with van der Waals surface area (Å²) in [5, 5.41) is 33.4. The van der Waals surface area contributed by atoms with Crippen molar-refractivity contribution in [1.29, 1.82) is 0 Å². The fraction of sp³-hybridized carbons (Fsp3) is 0.783. The molecule has 0 radical (unpaired) electrons. The second-order valence-corrected chi connectivity index (χ2v) is 10.4. The number of aliphatic hydroxyl groups is 2. The molecule has 0 saturated heterocycles. The van der Waals surface area contributed by atoms with E-state index in [1.54, 1.807) is 0 Å². The van der Waals surface area contributed by atoms with E-state index in [-0.39, 0.29) is 40.3 Å². The van der Waals surface area contributed by atoms with Gasteiger partial charge in [-0.25, -0.2) is 4.79 Å². The number of oxime groups is 1. The van der Waals surface area contributed by atoms with Gasteiger partial charge in [0, 0.05) is 11.8 Å². The van der Waals surface area contributed by atoms with E-state index in [2.05, 4.69) is 19.0 Å². The molecule has 3 N–H and O–H groups in total. The van der Waals surface area contributed by atoms with Crippen LogP contribution in [-0.4, -0.2) is 51.6 Å². The van der Waals surface area contributed by atoms with Crippen LogP contribution in [0.2, 0.25) is 0 Å². The molecule has 4 rings (SSSR count). The van der Waals surface area contributed by atoms with Crippen molar-refractivity contribution >= 4 is 17.5 Å². The molecule has 0 amide bonds. The van der Waals surface area contributed by atoms with Gasteiger partial charge in [-0.2, -0.15) is 0 Å². The summed E-state index contributed by atoms with van der Waals surface area (Å²) < 4.78 is 0. The first-order valence-corrected chi connectivity index (χ1v) is 11.1. The van der Waals surface area contributed by atoms with E-state index < -0.39 is 24.8 Å². The normalized spacial score (nSPS) is 45.8. The Morgan fingerprint density at radius 1 is 1.13 bits per heavy atom. The predicted molar refractivity (Wildman–Crippen MR) is 110 cm³/mol. The lowest BCUT2D eigenvalue weighted by Gasteiger charge is -2.57. The number of carboxylic acids is 1. The molecule has 0 aromatic carbocycles. The fourth-order valence-corrected chi connectivity index (χ4v) is 7.33. The summed E-state index contributed by atoms with van der Waals surface area (Å²) in [6.07, 6.45) is 4.91. The average Bonchev–Trinajstić information content (AvgIpc) is 3.01. The summed E-state index contributed by atoms with van der Waals surface area (Å²) in [5.74, 6) is -0.457. The quantitative estimate of drug-likeness (QED) is 0.476. The maximum atomic E-state index is 13.1. The maximum absolute atomic E-state index is 13.1. The lowest BCUT2D eigenvalue weighted by molar-refractivity contribution is -0.143. The number of hydrogen-bond donors (Lipinski definition) is 3. The number of allylic oxidation sites excluding steroid dienone is 2. The van der Waals surface area contributed by atoms with Crippen LogP contribution in [0.4, 0.5) is 0 Å². The van der Waals surface area contributed by atoms with Crippen molar-refractivity contribution in [3.8, 4) is 0 Å². The van der Waals surface area contributed by atoms with Crippen molar-refractivity contribution in [2.75, 3.05) is 6.61 Å². The number of aliphatic carboxylic acids is 1. The van der Waals surface area contributed by atoms with Gasteiger partial charge in [0.25, 0.3) is 0 Å². The molecule has 30 heavy (non-hydrogen) atoms. The van der Waals surface area contributed by atoms with Crippen molar-refractivity contribution in [2.45, 2.75) is 71.5 Å². The molecule has 0 heterocycles. The van der Waals surface area contributed by atoms with Crippen LogP contribution < -0.4 is 0 Å². The van der Waals surface area contributed by atoms with Crippen LogP contribution in [0.15, 0.2) is 16.8 Å². The van der Waals surface area contributed by atoms with E-state index >= 15 is 0 Å². The van der Waals surface area contributed by atoms with Gasteiger partial charge in [-0.05, 0) is 74.2 Å². The Bertz CT molecular complexity index is 806. The summed E-state index contributed by atoms with van der Waals surface area (Å²) in [4.78, 5) is 28.8. The van der Waals surface area contributed by atoms with Crippen molar-refractivity contribution in [1.82, 2.24) is 0 Å². The zero-order valence-electron chi connectivity index (χ0n) is 18.0. The van der Waals surface area contributed by atoms with E-state index in [4.69, 9.17) is 9.94 Å². The van der Waals surface area contributed by atoms with E-state index in [1.807, 2.05) is 13.0 Å². The SMILES string of the molecule is C/C(=N/OCC(=O)O)[C@H]1CCC2C3=CC(=O)[C@@H]4C[C@@H](O)[C@@H](O)C[C@]4(C)C3CC[C@@]21C. The van der Waals surface area contributed by atoms with Crippen LogP contribution >= 0.6 is 0 Å². The Labute approximate surface area is 177 Å². The maximum Gasteiger partial charge on any atom is 0.344 e. The molecule has 7 nitrogen and oxygen atoms in total.